The second-order valence-corrected chi connectivity index (χ2v) is 10.2. The molecule has 0 amide bonds. The summed E-state index contributed by atoms with van der Waals surface area (Å²) in [6, 6.07) is 0. The number of carbonyl (C=O) groups excluding carboxylic acids is 2. The zero-order valence-corrected chi connectivity index (χ0v) is 23.5. The fourth-order valence-electron chi connectivity index (χ4n) is 4.31. The molecule has 15 nitrogen and oxygen atoms in total. The minimum Gasteiger partial charge on any atom is -0.462 e. The van der Waals surface area contributed by atoms with Gasteiger partial charge in [-0.05, 0) is 6.42 Å². The molecule has 41 heavy (non-hydrogen) atoms. The van der Waals surface area contributed by atoms with E-state index in [-0.39, 0.29) is 26.1 Å². The Morgan fingerprint density at radius 1 is 0.707 bits per heavy atom. The molecule has 2 fully saturated rings. The van der Waals surface area contributed by atoms with Gasteiger partial charge in [0.2, 0.25) is 0 Å². The third-order valence-electron chi connectivity index (χ3n) is 6.89. The number of aliphatic hydroxyl groups is 7. The number of carbonyl (C=O) groups is 2. The van der Waals surface area contributed by atoms with Crippen LogP contribution in [0.4, 0.5) is 0 Å². The topological polar surface area (TPSA) is 231 Å². The Hall–Kier alpha value is -1.50. The Kier molecular flexibility index (Phi) is 15.9. The van der Waals surface area contributed by atoms with Crippen molar-refractivity contribution in [2.75, 3.05) is 26.4 Å². The second-order valence-electron chi connectivity index (χ2n) is 10.2. The standard InChI is InChI=1S/C26H46O15/c1-3-5-6-7-8-9-18(29)39-14(11-36-17(28)4-2)12-37-25-24(35)22(33)20(31)16(41-25)13-38-26-23(34)21(32)19(30)15(10-27)40-26/h14-16,19-27,30-35H,3-13H2,1-2H3. The predicted molar refractivity (Wildman–Crippen MR) is 137 cm³/mol. The maximum absolute atomic E-state index is 12.3. The van der Waals surface area contributed by atoms with Crippen LogP contribution < -0.4 is 0 Å². The lowest BCUT2D eigenvalue weighted by Gasteiger charge is -2.42. The van der Waals surface area contributed by atoms with Gasteiger partial charge in [0.1, 0.15) is 55.4 Å². The molecule has 2 rings (SSSR count). The zero-order chi connectivity index (χ0) is 30.5. The maximum Gasteiger partial charge on any atom is 0.306 e. The van der Waals surface area contributed by atoms with Crippen molar-refractivity contribution in [2.45, 2.75) is 126 Å². The molecule has 11 atom stereocenters. The van der Waals surface area contributed by atoms with Crippen molar-refractivity contribution < 1.29 is 73.8 Å². The van der Waals surface area contributed by atoms with Crippen LogP contribution in [0, 0.1) is 0 Å². The quantitative estimate of drug-likeness (QED) is 0.0699. The van der Waals surface area contributed by atoms with Crippen LogP contribution in [0.1, 0.15) is 58.8 Å². The molecule has 2 heterocycles. The van der Waals surface area contributed by atoms with Crippen molar-refractivity contribution in [2.24, 2.45) is 0 Å². The molecule has 7 N–H and O–H groups in total. The molecule has 11 unspecified atom stereocenters. The molecule has 2 aliphatic heterocycles. The van der Waals surface area contributed by atoms with E-state index in [0.717, 1.165) is 25.7 Å². The fourth-order valence-corrected chi connectivity index (χ4v) is 4.31. The summed E-state index contributed by atoms with van der Waals surface area (Å²) in [5.74, 6) is -1.04. The van der Waals surface area contributed by atoms with E-state index >= 15 is 0 Å². The highest BCUT2D eigenvalue weighted by Gasteiger charge is 2.47. The minimum absolute atomic E-state index is 0.101. The van der Waals surface area contributed by atoms with Gasteiger partial charge in [0.05, 0.1) is 19.8 Å². The van der Waals surface area contributed by atoms with E-state index in [1.54, 1.807) is 6.92 Å². The van der Waals surface area contributed by atoms with E-state index in [9.17, 15) is 45.3 Å². The average Bonchev–Trinajstić information content (AvgIpc) is 2.96. The predicted octanol–water partition coefficient (Wildman–Crippen LogP) is -2.15. The van der Waals surface area contributed by atoms with Crippen molar-refractivity contribution in [3.63, 3.8) is 0 Å². The number of esters is 2. The number of unbranched alkanes of at least 4 members (excludes halogenated alkanes) is 4. The highest BCUT2D eigenvalue weighted by atomic mass is 16.7. The molecule has 2 saturated heterocycles. The van der Waals surface area contributed by atoms with Crippen LogP contribution >= 0.6 is 0 Å². The molecule has 0 aromatic rings. The molecule has 0 spiro atoms. The molecule has 0 aromatic heterocycles. The first kappa shape index (κ1) is 35.7. The van der Waals surface area contributed by atoms with Crippen LogP contribution in [0.5, 0.6) is 0 Å². The Morgan fingerprint density at radius 2 is 1.29 bits per heavy atom. The van der Waals surface area contributed by atoms with Crippen LogP contribution in [0.15, 0.2) is 0 Å². The summed E-state index contributed by atoms with van der Waals surface area (Å²) in [4.78, 5) is 24.0. The van der Waals surface area contributed by atoms with Gasteiger partial charge < -0.3 is 64.2 Å². The lowest BCUT2D eigenvalue weighted by molar-refractivity contribution is -0.332. The third kappa shape index (κ3) is 10.9. The highest BCUT2D eigenvalue weighted by Crippen LogP contribution is 2.26. The highest BCUT2D eigenvalue weighted by molar-refractivity contribution is 5.70. The van der Waals surface area contributed by atoms with Crippen LogP contribution in [-0.4, -0.2) is 142 Å². The molecule has 0 aliphatic carbocycles. The second kappa shape index (κ2) is 18.2. The molecule has 240 valence electrons. The van der Waals surface area contributed by atoms with E-state index in [2.05, 4.69) is 6.92 Å². The van der Waals surface area contributed by atoms with Crippen LogP contribution in [0.3, 0.4) is 0 Å². The van der Waals surface area contributed by atoms with Gasteiger partial charge in [-0.25, -0.2) is 0 Å². The summed E-state index contributed by atoms with van der Waals surface area (Å²) < 4.78 is 32.2. The third-order valence-corrected chi connectivity index (χ3v) is 6.89. The van der Waals surface area contributed by atoms with Crippen molar-refractivity contribution >= 4 is 11.9 Å². The van der Waals surface area contributed by atoms with Gasteiger partial charge in [-0.15, -0.1) is 0 Å². The van der Waals surface area contributed by atoms with E-state index in [1.165, 1.54) is 0 Å². The van der Waals surface area contributed by atoms with E-state index in [1.807, 2.05) is 0 Å². The number of ether oxygens (including phenoxy) is 6. The minimum atomic E-state index is -1.75. The molecule has 0 aromatic carbocycles. The van der Waals surface area contributed by atoms with Gasteiger partial charge >= 0.3 is 11.9 Å². The summed E-state index contributed by atoms with van der Waals surface area (Å²) in [6.45, 7) is 1.78. The summed E-state index contributed by atoms with van der Waals surface area (Å²) in [7, 11) is 0. The van der Waals surface area contributed by atoms with Gasteiger partial charge in [0.25, 0.3) is 0 Å². The molecule has 0 bridgehead atoms. The Labute approximate surface area is 238 Å². The Balaban J connectivity index is 1.96. The first-order valence-electron chi connectivity index (χ1n) is 14.1. The zero-order valence-electron chi connectivity index (χ0n) is 23.5. The molecule has 0 radical (unpaired) electrons. The molecular formula is C26H46O15. The summed E-state index contributed by atoms with van der Waals surface area (Å²) >= 11 is 0. The van der Waals surface area contributed by atoms with Gasteiger partial charge in [0, 0.05) is 12.8 Å². The van der Waals surface area contributed by atoms with Gasteiger partial charge in [0.15, 0.2) is 18.7 Å². The van der Waals surface area contributed by atoms with Crippen LogP contribution in [0.25, 0.3) is 0 Å². The Morgan fingerprint density at radius 3 is 1.90 bits per heavy atom. The maximum atomic E-state index is 12.3. The van der Waals surface area contributed by atoms with Gasteiger partial charge in [-0.2, -0.15) is 0 Å². The number of rotatable bonds is 17. The van der Waals surface area contributed by atoms with Crippen molar-refractivity contribution in [3.8, 4) is 0 Å². The number of hydrogen-bond donors (Lipinski definition) is 7. The first-order chi connectivity index (χ1) is 19.5. The van der Waals surface area contributed by atoms with E-state index in [4.69, 9.17) is 28.4 Å². The summed E-state index contributed by atoms with van der Waals surface area (Å²) in [6.07, 6.45) is -11.9. The largest absolute Gasteiger partial charge is 0.462 e. The average molecular weight is 599 g/mol. The van der Waals surface area contributed by atoms with Crippen molar-refractivity contribution in [1.82, 2.24) is 0 Å². The number of hydrogen-bond acceptors (Lipinski definition) is 15. The van der Waals surface area contributed by atoms with Crippen molar-refractivity contribution in [3.05, 3.63) is 0 Å². The van der Waals surface area contributed by atoms with Crippen LogP contribution in [-0.2, 0) is 38.0 Å². The van der Waals surface area contributed by atoms with Gasteiger partial charge in [-0.1, -0.05) is 39.5 Å². The lowest BCUT2D eigenvalue weighted by Crippen LogP contribution is -2.61. The normalized spacial score (nSPS) is 34.7. The smallest absolute Gasteiger partial charge is 0.306 e. The number of aliphatic hydroxyl groups excluding tert-OH is 7. The van der Waals surface area contributed by atoms with E-state index in [0.29, 0.717) is 6.42 Å². The van der Waals surface area contributed by atoms with Gasteiger partial charge in [-0.3, -0.25) is 9.59 Å². The SMILES string of the molecule is CCCCCCCC(=O)OC(COC(=O)CC)COC1OC(COC2OC(CO)C(O)C(O)C2O)C(O)C(O)C1O. The first-order valence-corrected chi connectivity index (χ1v) is 14.1. The Bertz CT molecular complexity index is 767. The molecule has 15 heteroatoms. The molecule has 2 aliphatic rings. The van der Waals surface area contributed by atoms with Crippen molar-refractivity contribution in [1.29, 1.82) is 0 Å². The summed E-state index contributed by atoms with van der Waals surface area (Å²) in [5.41, 5.74) is 0. The molecular weight excluding hydrogens is 552 g/mol. The monoisotopic (exact) mass is 598 g/mol. The van der Waals surface area contributed by atoms with Crippen LogP contribution in [0.2, 0.25) is 0 Å². The van der Waals surface area contributed by atoms with E-state index < -0.39 is 92.7 Å². The summed E-state index contributed by atoms with van der Waals surface area (Å²) in [5, 5.41) is 70.4. The molecule has 0 saturated carbocycles. The lowest BCUT2D eigenvalue weighted by atomic mass is 9.98. The fraction of sp³-hybridized carbons (Fsp3) is 0.923.